The van der Waals surface area contributed by atoms with Gasteiger partial charge in [0, 0.05) is 6.54 Å². The van der Waals surface area contributed by atoms with E-state index in [1.54, 1.807) is 12.2 Å². The molecule has 2 N–H and O–H groups in total. The summed E-state index contributed by atoms with van der Waals surface area (Å²) >= 11 is 6.27. The van der Waals surface area contributed by atoms with Crippen LogP contribution in [0.5, 0.6) is 0 Å². The Morgan fingerprint density at radius 2 is 2.00 bits per heavy atom. The van der Waals surface area contributed by atoms with Crippen LogP contribution in [0.2, 0.25) is 0 Å². The third-order valence-electron chi connectivity index (χ3n) is 3.17. The van der Waals surface area contributed by atoms with Crippen molar-refractivity contribution in [2.24, 2.45) is 0 Å². The highest BCUT2D eigenvalue weighted by atomic mass is 32.2. The number of carboxylic acids is 1. The molecule has 2 amide bonds. The number of benzene rings is 1. The van der Waals surface area contributed by atoms with Gasteiger partial charge < -0.3 is 10.4 Å². The number of carboxylic acid groups (broad SMARTS) is 1. The number of hydrogen-bond acceptors (Lipinski definition) is 5. The van der Waals surface area contributed by atoms with Crippen molar-refractivity contribution in [2.75, 3.05) is 13.1 Å². The number of aliphatic carboxylic acids is 1. The van der Waals surface area contributed by atoms with Crippen LogP contribution in [0.4, 0.5) is 0 Å². The fourth-order valence-electron chi connectivity index (χ4n) is 1.97. The van der Waals surface area contributed by atoms with Crippen LogP contribution in [0, 0.1) is 0 Å². The Kier molecular flexibility index (Phi) is 6.91. The molecular formula is C17H16N2O4S2. The summed E-state index contributed by atoms with van der Waals surface area (Å²) < 4.78 is 0.303. The second kappa shape index (κ2) is 9.14. The van der Waals surface area contributed by atoms with E-state index >= 15 is 0 Å². The number of amides is 2. The van der Waals surface area contributed by atoms with E-state index in [2.05, 4.69) is 5.32 Å². The third kappa shape index (κ3) is 5.84. The maximum absolute atomic E-state index is 12.3. The summed E-state index contributed by atoms with van der Waals surface area (Å²) in [6, 6.07) is 9.64. The summed E-state index contributed by atoms with van der Waals surface area (Å²) in [5.74, 6) is -1.78. The number of hydrogen-bond donors (Lipinski definition) is 2. The summed E-state index contributed by atoms with van der Waals surface area (Å²) in [6.07, 6.45) is 5.11. The molecule has 1 aromatic rings. The SMILES string of the molecule is O=C(O)CCNC(=O)CN1C(=O)C(=CC=Cc2ccccc2)SC1=S. The van der Waals surface area contributed by atoms with Crippen LogP contribution in [-0.2, 0) is 14.4 Å². The fraction of sp³-hybridized carbons (Fsp3) is 0.176. The summed E-state index contributed by atoms with van der Waals surface area (Å²) in [5.41, 5.74) is 1.01. The minimum absolute atomic E-state index is 0.0125. The smallest absolute Gasteiger partial charge is 0.305 e. The largest absolute Gasteiger partial charge is 0.481 e. The first-order valence-electron chi connectivity index (χ1n) is 7.43. The lowest BCUT2D eigenvalue weighted by Crippen LogP contribution is -2.40. The number of thioether (sulfide) groups is 1. The molecule has 0 aromatic heterocycles. The highest BCUT2D eigenvalue weighted by Crippen LogP contribution is 2.30. The maximum atomic E-state index is 12.3. The molecule has 0 bridgehead atoms. The van der Waals surface area contributed by atoms with Gasteiger partial charge in [-0.25, -0.2) is 0 Å². The molecule has 0 saturated carbocycles. The summed E-state index contributed by atoms with van der Waals surface area (Å²) in [7, 11) is 0. The van der Waals surface area contributed by atoms with Gasteiger partial charge in [-0.2, -0.15) is 0 Å². The molecule has 1 aliphatic rings. The monoisotopic (exact) mass is 376 g/mol. The first kappa shape index (κ1) is 18.9. The zero-order chi connectivity index (χ0) is 18.2. The van der Waals surface area contributed by atoms with Gasteiger partial charge in [0.05, 0.1) is 11.3 Å². The Morgan fingerprint density at radius 3 is 2.68 bits per heavy atom. The van der Waals surface area contributed by atoms with Gasteiger partial charge in [0.15, 0.2) is 0 Å². The lowest BCUT2D eigenvalue weighted by atomic mass is 10.2. The Labute approximate surface area is 154 Å². The molecule has 1 saturated heterocycles. The van der Waals surface area contributed by atoms with Gasteiger partial charge in [-0.15, -0.1) is 0 Å². The molecule has 25 heavy (non-hydrogen) atoms. The number of carbonyl (C=O) groups excluding carboxylic acids is 2. The molecular weight excluding hydrogens is 360 g/mol. The molecule has 0 radical (unpaired) electrons. The normalized spacial score (nSPS) is 16.0. The predicted octanol–water partition coefficient (Wildman–Crippen LogP) is 2.03. The van der Waals surface area contributed by atoms with Crippen molar-refractivity contribution in [1.29, 1.82) is 0 Å². The van der Waals surface area contributed by atoms with E-state index in [-0.39, 0.29) is 25.4 Å². The molecule has 130 valence electrons. The van der Waals surface area contributed by atoms with Gasteiger partial charge in [0.25, 0.3) is 5.91 Å². The van der Waals surface area contributed by atoms with Crippen molar-refractivity contribution >= 4 is 52.2 Å². The molecule has 1 aliphatic heterocycles. The van der Waals surface area contributed by atoms with Crippen molar-refractivity contribution < 1.29 is 19.5 Å². The quantitative estimate of drug-likeness (QED) is 0.559. The molecule has 0 atom stereocenters. The summed E-state index contributed by atoms with van der Waals surface area (Å²) in [4.78, 5) is 36.2. The Hall–Kier alpha value is -2.45. The van der Waals surface area contributed by atoms with Crippen molar-refractivity contribution in [3.8, 4) is 0 Å². The van der Waals surface area contributed by atoms with E-state index < -0.39 is 11.9 Å². The average molecular weight is 376 g/mol. The van der Waals surface area contributed by atoms with Crippen LogP contribution in [0.3, 0.4) is 0 Å². The van der Waals surface area contributed by atoms with Crippen LogP contribution in [0.25, 0.3) is 6.08 Å². The zero-order valence-corrected chi connectivity index (χ0v) is 14.8. The Morgan fingerprint density at radius 1 is 1.28 bits per heavy atom. The van der Waals surface area contributed by atoms with Gasteiger partial charge in [0.1, 0.15) is 10.9 Å². The first-order valence-corrected chi connectivity index (χ1v) is 8.65. The van der Waals surface area contributed by atoms with Crippen molar-refractivity contribution in [3.05, 3.63) is 53.0 Å². The van der Waals surface area contributed by atoms with E-state index in [1.165, 1.54) is 4.90 Å². The maximum Gasteiger partial charge on any atom is 0.305 e. The van der Waals surface area contributed by atoms with Crippen LogP contribution in [0.1, 0.15) is 12.0 Å². The lowest BCUT2D eigenvalue weighted by Gasteiger charge is -2.13. The van der Waals surface area contributed by atoms with E-state index in [9.17, 15) is 14.4 Å². The minimum atomic E-state index is -1.00. The Balaban J connectivity index is 1.92. The molecule has 2 rings (SSSR count). The fourth-order valence-corrected chi connectivity index (χ4v) is 3.18. The van der Waals surface area contributed by atoms with E-state index in [1.807, 2.05) is 36.4 Å². The highest BCUT2D eigenvalue weighted by Gasteiger charge is 2.32. The van der Waals surface area contributed by atoms with Gasteiger partial charge >= 0.3 is 5.97 Å². The predicted molar refractivity (Wildman–Crippen MR) is 101 cm³/mol. The topological polar surface area (TPSA) is 86.7 Å². The number of carbonyl (C=O) groups is 3. The summed E-state index contributed by atoms with van der Waals surface area (Å²) in [5, 5.41) is 11.0. The standard InChI is InChI=1S/C17H16N2O4S2/c20-14(18-10-9-15(21)22)11-19-16(23)13(25-17(19)24)8-4-7-12-5-2-1-3-6-12/h1-8H,9-11H2,(H,18,20)(H,21,22). The van der Waals surface area contributed by atoms with E-state index in [0.29, 0.717) is 9.23 Å². The number of nitrogens with one attached hydrogen (secondary N) is 1. The highest BCUT2D eigenvalue weighted by molar-refractivity contribution is 8.26. The number of thiocarbonyl (C=S) groups is 1. The van der Waals surface area contributed by atoms with Gasteiger partial charge in [-0.05, 0) is 11.6 Å². The van der Waals surface area contributed by atoms with Crippen LogP contribution >= 0.6 is 24.0 Å². The molecule has 8 heteroatoms. The van der Waals surface area contributed by atoms with Crippen LogP contribution in [0.15, 0.2) is 47.4 Å². The first-order chi connectivity index (χ1) is 12.0. The third-order valence-corrected chi connectivity index (χ3v) is 4.57. The molecule has 1 heterocycles. The molecule has 6 nitrogen and oxygen atoms in total. The van der Waals surface area contributed by atoms with Gasteiger partial charge in [-0.1, -0.05) is 66.5 Å². The van der Waals surface area contributed by atoms with Crippen LogP contribution < -0.4 is 5.32 Å². The molecule has 1 fully saturated rings. The second-order valence-corrected chi connectivity index (χ2v) is 6.73. The lowest BCUT2D eigenvalue weighted by molar-refractivity contribution is -0.137. The second-order valence-electron chi connectivity index (χ2n) is 5.05. The molecule has 0 spiro atoms. The number of allylic oxidation sites excluding steroid dienone is 2. The van der Waals surface area contributed by atoms with Crippen LogP contribution in [-0.4, -0.2) is 45.2 Å². The van der Waals surface area contributed by atoms with Crippen molar-refractivity contribution in [2.45, 2.75) is 6.42 Å². The average Bonchev–Trinajstić information content (AvgIpc) is 2.83. The van der Waals surface area contributed by atoms with Crippen molar-refractivity contribution in [3.63, 3.8) is 0 Å². The van der Waals surface area contributed by atoms with Gasteiger partial charge in [0.2, 0.25) is 5.91 Å². The number of nitrogens with zero attached hydrogens (tertiary/aromatic N) is 1. The molecule has 0 unspecified atom stereocenters. The van der Waals surface area contributed by atoms with E-state index in [4.69, 9.17) is 17.3 Å². The van der Waals surface area contributed by atoms with Gasteiger partial charge in [-0.3, -0.25) is 19.3 Å². The number of rotatable bonds is 7. The molecule has 1 aromatic carbocycles. The Bertz CT molecular complexity index is 744. The summed E-state index contributed by atoms with van der Waals surface area (Å²) in [6.45, 7) is -0.206. The van der Waals surface area contributed by atoms with Crippen molar-refractivity contribution in [1.82, 2.24) is 10.2 Å². The zero-order valence-electron chi connectivity index (χ0n) is 13.2. The van der Waals surface area contributed by atoms with E-state index in [0.717, 1.165) is 17.3 Å². The molecule has 0 aliphatic carbocycles. The minimum Gasteiger partial charge on any atom is -0.481 e.